The lowest BCUT2D eigenvalue weighted by Gasteiger charge is -2.40. The van der Waals surface area contributed by atoms with Crippen molar-refractivity contribution in [3.05, 3.63) is 39.4 Å². The van der Waals surface area contributed by atoms with Gasteiger partial charge in [-0.25, -0.2) is 4.79 Å². The third-order valence-corrected chi connectivity index (χ3v) is 5.03. The minimum Gasteiger partial charge on any atom is -0.483 e. The van der Waals surface area contributed by atoms with E-state index >= 15 is 0 Å². The van der Waals surface area contributed by atoms with Crippen molar-refractivity contribution >= 4 is 23.4 Å². The third kappa shape index (κ3) is 3.39. The normalized spacial score (nSPS) is 17.9. The molecule has 2 amide bonds. The van der Waals surface area contributed by atoms with Gasteiger partial charge < -0.3 is 19.3 Å². The molecular formula is C19H23N3O6. The zero-order chi connectivity index (χ0) is 20.6. The van der Waals surface area contributed by atoms with E-state index in [-0.39, 0.29) is 18.1 Å². The number of ether oxygens (including phenoxy) is 2. The Hall–Kier alpha value is -3.10. The molecule has 0 atom stereocenters. The second-order valence-corrected chi connectivity index (χ2v) is 7.35. The van der Waals surface area contributed by atoms with Crippen molar-refractivity contribution in [2.24, 2.45) is 0 Å². The van der Waals surface area contributed by atoms with Crippen LogP contribution < -0.4 is 4.74 Å². The van der Waals surface area contributed by atoms with E-state index in [2.05, 4.69) is 0 Å². The van der Waals surface area contributed by atoms with Gasteiger partial charge in [0.15, 0.2) is 0 Å². The number of carbonyl (C=O) groups is 2. The molecule has 3 rings (SSSR count). The van der Waals surface area contributed by atoms with Crippen LogP contribution in [0.2, 0.25) is 0 Å². The van der Waals surface area contributed by atoms with Crippen LogP contribution in [0.1, 0.15) is 32.3 Å². The van der Waals surface area contributed by atoms with E-state index in [4.69, 9.17) is 9.47 Å². The van der Waals surface area contributed by atoms with Crippen LogP contribution in [0.4, 0.5) is 10.5 Å². The van der Waals surface area contributed by atoms with Crippen molar-refractivity contribution in [1.82, 2.24) is 9.80 Å². The first-order valence-corrected chi connectivity index (χ1v) is 8.96. The average molecular weight is 389 g/mol. The highest BCUT2D eigenvalue weighted by molar-refractivity contribution is 5.92. The van der Waals surface area contributed by atoms with E-state index in [1.807, 2.05) is 13.8 Å². The summed E-state index contributed by atoms with van der Waals surface area (Å²) in [6.07, 6.45) is 0.587. The fourth-order valence-corrected chi connectivity index (χ4v) is 3.61. The Kier molecular flexibility index (Phi) is 5.01. The van der Waals surface area contributed by atoms with Gasteiger partial charge in [0.1, 0.15) is 11.4 Å². The number of methoxy groups -OCH3 is 1. The molecule has 9 nitrogen and oxygen atoms in total. The van der Waals surface area contributed by atoms with Gasteiger partial charge in [0.2, 0.25) is 5.91 Å². The Morgan fingerprint density at radius 2 is 2.14 bits per heavy atom. The zero-order valence-corrected chi connectivity index (χ0v) is 16.4. The number of nitro groups is 1. The first kappa shape index (κ1) is 19.7. The molecule has 0 aromatic heterocycles. The van der Waals surface area contributed by atoms with Gasteiger partial charge in [-0.3, -0.25) is 14.9 Å². The SMILES string of the molecule is COC(=O)N(C)CC1=C(N2CCCC2=O)c2cc([N+](=O)[O-])ccc2OC1(C)C. The average Bonchev–Trinajstić information content (AvgIpc) is 3.06. The van der Waals surface area contributed by atoms with Gasteiger partial charge in [0.25, 0.3) is 5.69 Å². The number of nitrogens with zero attached hydrogens (tertiary/aromatic N) is 3. The molecular weight excluding hydrogens is 366 g/mol. The summed E-state index contributed by atoms with van der Waals surface area (Å²) in [5, 5.41) is 11.3. The van der Waals surface area contributed by atoms with E-state index in [1.165, 1.54) is 24.1 Å². The van der Waals surface area contributed by atoms with Crippen LogP contribution in [0.15, 0.2) is 23.8 Å². The van der Waals surface area contributed by atoms with Gasteiger partial charge in [-0.15, -0.1) is 0 Å². The Bertz CT molecular complexity index is 876. The maximum atomic E-state index is 12.5. The van der Waals surface area contributed by atoms with Gasteiger partial charge in [-0.2, -0.15) is 0 Å². The second-order valence-electron chi connectivity index (χ2n) is 7.35. The van der Waals surface area contributed by atoms with E-state index in [9.17, 15) is 19.7 Å². The van der Waals surface area contributed by atoms with E-state index < -0.39 is 16.6 Å². The maximum absolute atomic E-state index is 12.5. The molecule has 2 aliphatic heterocycles. The fourth-order valence-electron chi connectivity index (χ4n) is 3.61. The summed E-state index contributed by atoms with van der Waals surface area (Å²) in [5.41, 5.74) is 0.824. The van der Waals surface area contributed by atoms with Crippen LogP contribution in [0.3, 0.4) is 0 Å². The minimum atomic E-state index is -0.830. The molecule has 1 saturated heterocycles. The molecule has 150 valence electrons. The molecule has 0 bridgehead atoms. The molecule has 1 aromatic rings. The predicted molar refractivity (Wildman–Crippen MR) is 101 cm³/mol. The lowest BCUT2D eigenvalue weighted by Crippen LogP contribution is -2.44. The van der Waals surface area contributed by atoms with Crippen molar-refractivity contribution in [1.29, 1.82) is 0 Å². The molecule has 2 heterocycles. The topological polar surface area (TPSA) is 102 Å². The number of nitro benzene ring substituents is 1. The predicted octanol–water partition coefficient (Wildman–Crippen LogP) is 2.80. The van der Waals surface area contributed by atoms with E-state index in [0.717, 1.165) is 0 Å². The van der Waals surface area contributed by atoms with Crippen molar-refractivity contribution in [3.63, 3.8) is 0 Å². The quantitative estimate of drug-likeness (QED) is 0.580. The molecule has 0 unspecified atom stereocenters. The number of hydrogen-bond acceptors (Lipinski definition) is 6. The first-order chi connectivity index (χ1) is 13.2. The number of benzene rings is 1. The summed E-state index contributed by atoms with van der Waals surface area (Å²) >= 11 is 0. The molecule has 28 heavy (non-hydrogen) atoms. The number of likely N-dealkylation sites (tertiary alicyclic amines) is 1. The number of fused-ring (bicyclic) bond motifs is 1. The Balaban J connectivity index is 2.22. The molecule has 0 spiro atoms. The fraction of sp³-hybridized carbons (Fsp3) is 0.474. The second kappa shape index (κ2) is 7.14. The number of hydrogen-bond donors (Lipinski definition) is 0. The number of non-ortho nitro benzene ring substituents is 1. The Morgan fingerprint density at radius 1 is 1.43 bits per heavy atom. The van der Waals surface area contributed by atoms with Gasteiger partial charge in [-0.05, 0) is 26.3 Å². The highest BCUT2D eigenvalue weighted by Crippen LogP contribution is 2.45. The summed E-state index contributed by atoms with van der Waals surface area (Å²) < 4.78 is 10.9. The van der Waals surface area contributed by atoms with Gasteiger partial charge in [0, 0.05) is 43.3 Å². The van der Waals surface area contributed by atoms with Crippen LogP contribution in [0, 0.1) is 10.1 Å². The number of rotatable bonds is 4. The summed E-state index contributed by atoms with van der Waals surface area (Å²) in [6.45, 7) is 4.36. The molecule has 1 aromatic carbocycles. The zero-order valence-electron chi connectivity index (χ0n) is 16.4. The largest absolute Gasteiger partial charge is 0.483 e. The number of carbonyl (C=O) groups excluding carboxylic acids is 2. The smallest absolute Gasteiger partial charge is 0.409 e. The Labute approximate surface area is 162 Å². The number of amides is 2. The van der Waals surface area contributed by atoms with Crippen LogP contribution in [0.25, 0.3) is 5.70 Å². The maximum Gasteiger partial charge on any atom is 0.409 e. The van der Waals surface area contributed by atoms with Crippen molar-refractivity contribution in [2.75, 3.05) is 27.2 Å². The Morgan fingerprint density at radius 3 is 2.71 bits per heavy atom. The number of likely N-dealkylation sites (N-methyl/N-ethyl adjacent to an activating group) is 1. The standard InChI is InChI=1S/C19H23N3O6/c1-19(2)14(11-20(3)18(24)27-4)17(21-9-5-6-16(21)23)13-10-12(22(25)26)7-8-15(13)28-19/h7-8,10H,5-6,9,11H2,1-4H3. The van der Waals surface area contributed by atoms with Crippen molar-refractivity contribution in [3.8, 4) is 5.75 Å². The first-order valence-electron chi connectivity index (χ1n) is 8.96. The van der Waals surface area contributed by atoms with Gasteiger partial charge in [0.05, 0.1) is 24.3 Å². The van der Waals surface area contributed by atoms with Crippen LogP contribution in [-0.2, 0) is 9.53 Å². The summed E-state index contributed by atoms with van der Waals surface area (Å²) in [5.74, 6) is 0.415. The van der Waals surface area contributed by atoms with E-state index in [1.54, 1.807) is 18.0 Å². The van der Waals surface area contributed by atoms with Crippen molar-refractivity contribution in [2.45, 2.75) is 32.3 Å². The monoisotopic (exact) mass is 389 g/mol. The lowest BCUT2D eigenvalue weighted by atomic mass is 9.88. The van der Waals surface area contributed by atoms with Gasteiger partial charge in [-0.1, -0.05) is 0 Å². The highest BCUT2D eigenvalue weighted by Gasteiger charge is 2.41. The van der Waals surface area contributed by atoms with E-state index in [0.29, 0.717) is 42.0 Å². The minimum absolute atomic E-state index is 0.0524. The van der Waals surface area contributed by atoms with Crippen LogP contribution in [-0.4, -0.2) is 59.6 Å². The molecule has 0 radical (unpaired) electrons. The lowest BCUT2D eigenvalue weighted by molar-refractivity contribution is -0.384. The van der Waals surface area contributed by atoms with Crippen LogP contribution >= 0.6 is 0 Å². The molecule has 2 aliphatic rings. The highest BCUT2D eigenvalue weighted by atomic mass is 16.6. The molecule has 9 heteroatoms. The molecule has 0 N–H and O–H groups in total. The van der Waals surface area contributed by atoms with Crippen molar-refractivity contribution < 1.29 is 24.0 Å². The third-order valence-electron chi connectivity index (χ3n) is 5.03. The summed E-state index contributed by atoms with van der Waals surface area (Å²) in [6, 6.07) is 4.35. The molecule has 0 saturated carbocycles. The summed E-state index contributed by atoms with van der Waals surface area (Å²) in [4.78, 5) is 38.3. The molecule has 0 aliphatic carbocycles. The van der Waals surface area contributed by atoms with Gasteiger partial charge >= 0.3 is 6.09 Å². The molecule has 1 fully saturated rings. The summed E-state index contributed by atoms with van der Waals surface area (Å²) in [7, 11) is 2.88. The van der Waals surface area contributed by atoms with Crippen LogP contribution in [0.5, 0.6) is 5.75 Å².